The Hall–Kier alpha value is -2.61. The average Bonchev–Trinajstić information content (AvgIpc) is 2.64. The summed E-state index contributed by atoms with van der Waals surface area (Å²) in [4.78, 5) is 6.42. The molecule has 2 aromatic carbocycles. The lowest BCUT2D eigenvalue weighted by molar-refractivity contribution is 0.913. The number of pyridine rings is 1. The Labute approximate surface area is 150 Å². The standard InChI is InChI=1S/C23H24N2/c1-25(2)23-16-18-4-8-19-7-3-17(5-9-21(23)10-6-18)15-22(19)20-11-13-24-14-12-20/h3,6-7,10-16H,4-5,8-9H2,1-2H3. The molecule has 126 valence electrons. The zero-order chi connectivity index (χ0) is 17.2. The van der Waals surface area contributed by atoms with Crippen molar-refractivity contribution >= 4 is 5.69 Å². The van der Waals surface area contributed by atoms with E-state index in [1.807, 2.05) is 12.4 Å². The molecule has 0 saturated carbocycles. The lowest BCUT2D eigenvalue weighted by Crippen LogP contribution is -2.13. The highest BCUT2D eigenvalue weighted by molar-refractivity contribution is 5.68. The molecule has 1 aromatic heterocycles. The molecule has 4 aliphatic rings. The van der Waals surface area contributed by atoms with Gasteiger partial charge in [0.25, 0.3) is 0 Å². The van der Waals surface area contributed by atoms with Crippen LogP contribution in [-0.4, -0.2) is 19.1 Å². The Morgan fingerprint density at radius 1 is 0.720 bits per heavy atom. The van der Waals surface area contributed by atoms with Gasteiger partial charge in [-0.3, -0.25) is 4.98 Å². The molecule has 3 aromatic rings. The monoisotopic (exact) mass is 328 g/mol. The smallest absolute Gasteiger partial charge is 0.0396 e. The molecule has 0 fully saturated rings. The number of hydrogen-bond donors (Lipinski definition) is 0. The van der Waals surface area contributed by atoms with Crippen molar-refractivity contribution in [1.82, 2.24) is 4.98 Å². The number of hydrogen-bond acceptors (Lipinski definition) is 2. The molecule has 25 heavy (non-hydrogen) atoms. The van der Waals surface area contributed by atoms with Crippen molar-refractivity contribution in [3.05, 3.63) is 83.2 Å². The van der Waals surface area contributed by atoms with Crippen molar-refractivity contribution in [3.8, 4) is 11.1 Å². The summed E-state index contributed by atoms with van der Waals surface area (Å²) in [5, 5.41) is 0. The Balaban J connectivity index is 1.77. The van der Waals surface area contributed by atoms with E-state index in [0.29, 0.717) is 0 Å². The highest BCUT2D eigenvalue weighted by Crippen LogP contribution is 2.29. The molecule has 0 atom stereocenters. The molecule has 0 aliphatic heterocycles. The van der Waals surface area contributed by atoms with Gasteiger partial charge in [0.1, 0.15) is 0 Å². The summed E-state index contributed by atoms with van der Waals surface area (Å²) in [7, 11) is 4.29. The van der Waals surface area contributed by atoms with Gasteiger partial charge < -0.3 is 4.90 Å². The van der Waals surface area contributed by atoms with Crippen LogP contribution in [0.1, 0.15) is 22.3 Å². The summed E-state index contributed by atoms with van der Waals surface area (Å²) in [6, 6.07) is 18.3. The van der Waals surface area contributed by atoms with Crippen molar-refractivity contribution < 1.29 is 0 Å². The zero-order valence-electron chi connectivity index (χ0n) is 15.0. The minimum atomic E-state index is 1.06. The minimum Gasteiger partial charge on any atom is -0.377 e. The van der Waals surface area contributed by atoms with Gasteiger partial charge in [0.05, 0.1) is 0 Å². The maximum atomic E-state index is 4.17. The first-order valence-electron chi connectivity index (χ1n) is 9.02. The van der Waals surface area contributed by atoms with Gasteiger partial charge in [-0.2, -0.15) is 0 Å². The highest BCUT2D eigenvalue weighted by atomic mass is 15.1. The maximum Gasteiger partial charge on any atom is 0.0396 e. The average molecular weight is 328 g/mol. The number of aromatic nitrogens is 1. The molecule has 0 N–H and O–H groups in total. The van der Waals surface area contributed by atoms with Gasteiger partial charge in [-0.05, 0) is 77.3 Å². The normalized spacial score (nSPS) is 13.4. The molecule has 0 saturated heterocycles. The third kappa shape index (κ3) is 3.30. The highest BCUT2D eigenvalue weighted by Gasteiger charge is 2.12. The molecule has 7 rings (SSSR count). The van der Waals surface area contributed by atoms with Gasteiger partial charge >= 0.3 is 0 Å². The maximum absolute atomic E-state index is 4.17. The van der Waals surface area contributed by atoms with Crippen LogP contribution in [0.2, 0.25) is 0 Å². The largest absolute Gasteiger partial charge is 0.377 e. The molecule has 1 heterocycles. The van der Waals surface area contributed by atoms with E-state index in [1.165, 1.54) is 39.1 Å². The van der Waals surface area contributed by atoms with Crippen molar-refractivity contribution in [2.45, 2.75) is 25.7 Å². The molecule has 2 heteroatoms. The second kappa shape index (κ2) is 6.72. The van der Waals surface area contributed by atoms with Crippen molar-refractivity contribution in [1.29, 1.82) is 0 Å². The summed E-state index contributed by atoms with van der Waals surface area (Å²) < 4.78 is 0. The molecule has 0 radical (unpaired) electrons. The zero-order valence-corrected chi connectivity index (χ0v) is 15.0. The van der Waals surface area contributed by atoms with Crippen molar-refractivity contribution in [3.63, 3.8) is 0 Å². The van der Waals surface area contributed by atoms with Crippen molar-refractivity contribution in [2.75, 3.05) is 19.0 Å². The molecular formula is C23H24N2. The SMILES string of the molecule is CN(C)c1cc2ccc1CCc1ccc(c(-c3ccncc3)c1)CC2. The van der Waals surface area contributed by atoms with Crippen LogP contribution in [0.15, 0.2) is 60.9 Å². The Kier molecular flexibility index (Phi) is 4.27. The third-order valence-electron chi connectivity index (χ3n) is 5.16. The van der Waals surface area contributed by atoms with Crippen LogP contribution in [-0.2, 0) is 25.7 Å². The molecule has 4 aliphatic carbocycles. The first-order valence-corrected chi connectivity index (χ1v) is 9.02. The van der Waals surface area contributed by atoms with Crippen LogP contribution in [0, 0.1) is 0 Å². The van der Waals surface area contributed by atoms with Gasteiger partial charge in [-0.25, -0.2) is 0 Å². The molecular weight excluding hydrogens is 304 g/mol. The van der Waals surface area contributed by atoms with Crippen LogP contribution in [0.3, 0.4) is 0 Å². The van der Waals surface area contributed by atoms with Gasteiger partial charge in [-0.1, -0.05) is 30.3 Å². The van der Waals surface area contributed by atoms with Gasteiger partial charge in [-0.15, -0.1) is 0 Å². The van der Waals surface area contributed by atoms with E-state index < -0.39 is 0 Å². The number of anilines is 1. The number of benzene rings is 2. The summed E-state index contributed by atoms with van der Waals surface area (Å²) in [5.74, 6) is 0. The van der Waals surface area contributed by atoms with E-state index in [-0.39, 0.29) is 0 Å². The summed E-state index contributed by atoms with van der Waals surface area (Å²) in [6.07, 6.45) is 8.04. The van der Waals surface area contributed by atoms with Gasteiger partial charge in [0.2, 0.25) is 0 Å². The van der Waals surface area contributed by atoms with Crippen LogP contribution in [0.4, 0.5) is 5.69 Å². The van der Waals surface area contributed by atoms with Gasteiger partial charge in [0.15, 0.2) is 0 Å². The molecule has 0 unspecified atom stereocenters. The summed E-state index contributed by atoms with van der Waals surface area (Å²) >= 11 is 0. The van der Waals surface area contributed by atoms with E-state index in [4.69, 9.17) is 0 Å². The fraction of sp³-hybridized carbons (Fsp3) is 0.261. The molecule has 4 bridgehead atoms. The Bertz CT molecular complexity index is 882. The van der Waals surface area contributed by atoms with E-state index >= 15 is 0 Å². The third-order valence-corrected chi connectivity index (χ3v) is 5.16. The number of rotatable bonds is 2. The van der Waals surface area contributed by atoms with Crippen LogP contribution in [0.25, 0.3) is 11.1 Å². The Morgan fingerprint density at radius 3 is 2.08 bits per heavy atom. The minimum absolute atomic E-state index is 1.06. The summed E-state index contributed by atoms with van der Waals surface area (Å²) in [5.41, 5.74) is 9.67. The topological polar surface area (TPSA) is 16.1 Å². The lowest BCUT2D eigenvalue weighted by atomic mass is 9.90. The second-order valence-electron chi connectivity index (χ2n) is 7.08. The van der Waals surface area contributed by atoms with E-state index in [2.05, 4.69) is 72.5 Å². The first kappa shape index (κ1) is 15.9. The van der Waals surface area contributed by atoms with Crippen LogP contribution < -0.4 is 4.90 Å². The molecule has 0 amide bonds. The number of nitrogens with zero attached hydrogens (tertiary/aromatic N) is 2. The van der Waals surface area contributed by atoms with Crippen LogP contribution >= 0.6 is 0 Å². The number of aryl methyl sites for hydroxylation is 4. The molecule has 2 nitrogen and oxygen atoms in total. The fourth-order valence-electron chi connectivity index (χ4n) is 3.75. The van der Waals surface area contributed by atoms with E-state index in [9.17, 15) is 0 Å². The van der Waals surface area contributed by atoms with Gasteiger partial charge in [0, 0.05) is 32.2 Å². The predicted molar refractivity (Wildman–Crippen MR) is 105 cm³/mol. The first-order chi connectivity index (χ1) is 12.2. The molecule has 0 spiro atoms. The van der Waals surface area contributed by atoms with Crippen LogP contribution in [0.5, 0.6) is 0 Å². The van der Waals surface area contributed by atoms with E-state index in [1.54, 1.807) is 0 Å². The quantitative estimate of drug-likeness (QED) is 0.678. The second-order valence-corrected chi connectivity index (χ2v) is 7.08. The van der Waals surface area contributed by atoms with E-state index in [0.717, 1.165) is 25.7 Å². The predicted octanol–water partition coefficient (Wildman–Crippen LogP) is 4.70. The summed E-state index contributed by atoms with van der Waals surface area (Å²) in [6.45, 7) is 0. The lowest BCUT2D eigenvalue weighted by Gasteiger charge is -2.21. The fourth-order valence-corrected chi connectivity index (χ4v) is 3.75. The Morgan fingerprint density at radius 2 is 1.36 bits per heavy atom. The van der Waals surface area contributed by atoms with Crippen molar-refractivity contribution in [2.24, 2.45) is 0 Å².